The summed E-state index contributed by atoms with van der Waals surface area (Å²) in [6, 6.07) is 14.2. The van der Waals surface area contributed by atoms with Crippen LogP contribution < -0.4 is 10.6 Å². The summed E-state index contributed by atoms with van der Waals surface area (Å²) in [5.41, 5.74) is 2.10. The predicted octanol–water partition coefficient (Wildman–Crippen LogP) is 5.12. The minimum Gasteiger partial charge on any atom is -0.342 e. The Bertz CT molecular complexity index is 1120. The maximum atomic E-state index is 12.7. The van der Waals surface area contributed by atoms with E-state index in [4.69, 9.17) is 11.6 Å². The van der Waals surface area contributed by atoms with Gasteiger partial charge in [-0.1, -0.05) is 61.5 Å². The van der Waals surface area contributed by atoms with Gasteiger partial charge in [0.1, 0.15) is 0 Å². The van der Waals surface area contributed by atoms with Crippen molar-refractivity contribution in [2.75, 3.05) is 11.1 Å². The summed E-state index contributed by atoms with van der Waals surface area (Å²) in [6.45, 7) is 8.52. The Kier molecular flexibility index (Phi) is 8.52. The van der Waals surface area contributed by atoms with Crippen LogP contribution in [-0.2, 0) is 11.3 Å². The first kappa shape index (κ1) is 24.8. The summed E-state index contributed by atoms with van der Waals surface area (Å²) < 4.78 is 1.94. The molecule has 2 aromatic carbocycles. The van der Waals surface area contributed by atoms with Crippen LogP contribution in [-0.4, -0.2) is 32.3 Å². The Labute approximate surface area is 203 Å². The molecule has 0 aliphatic rings. The Hall–Kier alpha value is -2.84. The Morgan fingerprint density at radius 3 is 2.48 bits per heavy atom. The number of hydrogen-bond acceptors (Lipinski definition) is 5. The minimum atomic E-state index is -0.317. The third-order valence-electron chi connectivity index (χ3n) is 5.20. The molecule has 0 saturated carbocycles. The van der Waals surface area contributed by atoms with Gasteiger partial charge in [0.2, 0.25) is 5.91 Å². The third kappa shape index (κ3) is 6.15. The van der Waals surface area contributed by atoms with Crippen LogP contribution in [0.3, 0.4) is 0 Å². The maximum absolute atomic E-state index is 12.7. The van der Waals surface area contributed by atoms with Crippen molar-refractivity contribution in [2.24, 2.45) is 5.92 Å². The molecule has 1 aromatic heterocycles. The number of nitrogens with one attached hydrogen (secondary N) is 2. The summed E-state index contributed by atoms with van der Waals surface area (Å²) in [5.74, 6) is 0.623. The third-order valence-corrected chi connectivity index (χ3v) is 6.58. The molecule has 2 N–H and O–H groups in total. The lowest BCUT2D eigenvalue weighted by atomic mass is 10.0. The number of amides is 2. The van der Waals surface area contributed by atoms with Crippen LogP contribution in [0.25, 0.3) is 0 Å². The van der Waals surface area contributed by atoms with Gasteiger partial charge in [-0.3, -0.25) is 9.59 Å². The number of aromatic nitrogens is 3. The first-order chi connectivity index (χ1) is 15.8. The number of anilines is 1. The standard InChI is InChI=1S/C24H28ClN5O2S/c1-5-30-22(21(15(2)3)27-23(32)17-10-7-6-8-11-17)28-29-24(30)33-14-20(31)26-19-13-9-12-18(25)16(19)4/h6-13,15,21H,5,14H2,1-4H3,(H,26,31)(H,27,32)/t21-/m0/s1. The van der Waals surface area contributed by atoms with Crippen molar-refractivity contribution < 1.29 is 9.59 Å². The van der Waals surface area contributed by atoms with Crippen LogP contribution >= 0.6 is 23.4 Å². The molecule has 1 atom stereocenters. The van der Waals surface area contributed by atoms with Crippen LogP contribution in [0, 0.1) is 12.8 Å². The molecule has 0 unspecified atom stereocenters. The van der Waals surface area contributed by atoms with E-state index in [0.29, 0.717) is 33.8 Å². The minimum absolute atomic E-state index is 0.0964. The number of benzene rings is 2. The molecule has 3 aromatic rings. The lowest BCUT2D eigenvalue weighted by Gasteiger charge is -2.22. The molecule has 0 radical (unpaired) electrons. The fourth-order valence-electron chi connectivity index (χ4n) is 3.34. The van der Waals surface area contributed by atoms with Crippen molar-refractivity contribution in [3.63, 3.8) is 0 Å². The maximum Gasteiger partial charge on any atom is 0.251 e. The smallest absolute Gasteiger partial charge is 0.251 e. The van der Waals surface area contributed by atoms with Gasteiger partial charge in [-0.15, -0.1) is 10.2 Å². The lowest BCUT2D eigenvalue weighted by Crippen LogP contribution is -2.33. The summed E-state index contributed by atoms with van der Waals surface area (Å²) >= 11 is 7.44. The molecule has 1 heterocycles. The molecule has 174 valence electrons. The molecule has 0 saturated heterocycles. The summed E-state index contributed by atoms with van der Waals surface area (Å²) in [5, 5.41) is 15.9. The highest BCUT2D eigenvalue weighted by molar-refractivity contribution is 7.99. The Balaban J connectivity index is 1.71. The number of hydrogen-bond donors (Lipinski definition) is 2. The van der Waals surface area contributed by atoms with Crippen LogP contribution in [0.15, 0.2) is 53.7 Å². The quantitative estimate of drug-likeness (QED) is 0.411. The number of thioether (sulfide) groups is 1. The number of carbonyl (C=O) groups is 2. The van der Waals surface area contributed by atoms with Gasteiger partial charge in [0, 0.05) is 22.8 Å². The Morgan fingerprint density at radius 1 is 1.09 bits per heavy atom. The second-order valence-corrected chi connectivity index (χ2v) is 9.25. The fourth-order valence-corrected chi connectivity index (χ4v) is 4.32. The van der Waals surface area contributed by atoms with Crippen LogP contribution in [0.4, 0.5) is 5.69 Å². The molecule has 33 heavy (non-hydrogen) atoms. The number of halogens is 1. The average molecular weight is 486 g/mol. The van der Waals surface area contributed by atoms with E-state index in [9.17, 15) is 9.59 Å². The molecule has 0 aliphatic carbocycles. The van der Waals surface area contributed by atoms with Gasteiger partial charge in [-0.05, 0) is 49.6 Å². The van der Waals surface area contributed by atoms with Crippen molar-refractivity contribution in [1.82, 2.24) is 20.1 Å². The average Bonchev–Trinajstić information content (AvgIpc) is 3.21. The van der Waals surface area contributed by atoms with Crippen molar-refractivity contribution in [3.8, 4) is 0 Å². The highest BCUT2D eigenvalue weighted by atomic mass is 35.5. The van der Waals surface area contributed by atoms with Gasteiger partial charge in [0.05, 0.1) is 11.8 Å². The number of carbonyl (C=O) groups excluding carboxylic acids is 2. The van der Waals surface area contributed by atoms with E-state index in [0.717, 1.165) is 5.56 Å². The monoisotopic (exact) mass is 485 g/mol. The zero-order chi connectivity index (χ0) is 24.0. The highest BCUT2D eigenvalue weighted by Crippen LogP contribution is 2.26. The van der Waals surface area contributed by atoms with Crippen molar-refractivity contribution in [2.45, 2.75) is 45.4 Å². The van der Waals surface area contributed by atoms with E-state index in [1.54, 1.807) is 24.3 Å². The normalized spacial score (nSPS) is 11.9. The SMILES string of the molecule is CCn1c(SCC(=O)Nc2cccc(Cl)c2C)nnc1[C@@H](NC(=O)c1ccccc1)C(C)C. The number of nitrogens with zero attached hydrogens (tertiary/aromatic N) is 3. The molecule has 2 amide bonds. The van der Waals surface area contributed by atoms with Crippen LogP contribution in [0.2, 0.25) is 5.02 Å². The predicted molar refractivity (Wildman–Crippen MR) is 133 cm³/mol. The van der Waals surface area contributed by atoms with Crippen molar-refractivity contribution in [1.29, 1.82) is 0 Å². The van der Waals surface area contributed by atoms with Crippen molar-refractivity contribution in [3.05, 3.63) is 70.5 Å². The molecule has 9 heteroatoms. The van der Waals surface area contributed by atoms with E-state index in [1.165, 1.54) is 11.8 Å². The highest BCUT2D eigenvalue weighted by Gasteiger charge is 2.26. The van der Waals surface area contributed by atoms with Crippen LogP contribution in [0.1, 0.15) is 48.6 Å². The van der Waals surface area contributed by atoms with Gasteiger partial charge < -0.3 is 15.2 Å². The topological polar surface area (TPSA) is 88.9 Å². The zero-order valence-electron chi connectivity index (χ0n) is 19.1. The summed E-state index contributed by atoms with van der Waals surface area (Å²) in [6.07, 6.45) is 0. The van der Waals surface area contributed by atoms with Gasteiger partial charge in [0.15, 0.2) is 11.0 Å². The van der Waals surface area contributed by atoms with Gasteiger partial charge in [0.25, 0.3) is 5.91 Å². The fraction of sp³-hybridized carbons (Fsp3) is 0.333. The van der Waals surface area contributed by atoms with Gasteiger partial charge in [-0.25, -0.2) is 0 Å². The molecule has 0 bridgehead atoms. The zero-order valence-corrected chi connectivity index (χ0v) is 20.7. The molecule has 7 nitrogen and oxygen atoms in total. The van der Waals surface area contributed by atoms with E-state index in [-0.39, 0.29) is 29.5 Å². The second-order valence-electron chi connectivity index (χ2n) is 7.90. The van der Waals surface area contributed by atoms with Crippen molar-refractivity contribution >= 4 is 40.9 Å². The summed E-state index contributed by atoms with van der Waals surface area (Å²) in [4.78, 5) is 25.3. The molecular weight excluding hydrogens is 458 g/mol. The summed E-state index contributed by atoms with van der Waals surface area (Å²) in [7, 11) is 0. The molecule has 0 fully saturated rings. The lowest BCUT2D eigenvalue weighted by molar-refractivity contribution is -0.113. The first-order valence-corrected chi connectivity index (χ1v) is 12.1. The van der Waals surface area contributed by atoms with E-state index >= 15 is 0 Å². The molecular formula is C24H28ClN5O2S. The molecule has 0 aliphatic heterocycles. The van der Waals surface area contributed by atoms with E-state index in [2.05, 4.69) is 20.8 Å². The number of rotatable bonds is 9. The Morgan fingerprint density at radius 2 is 1.82 bits per heavy atom. The van der Waals surface area contributed by atoms with Gasteiger partial charge >= 0.3 is 0 Å². The molecule has 0 spiro atoms. The second kappa shape index (κ2) is 11.3. The van der Waals surface area contributed by atoms with Gasteiger partial charge in [-0.2, -0.15) is 0 Å². The first-order valence-electron chi connectivity index (χ1n) is 10.8. The van der Waals surface area contributed by atoms with E-state index < -0.39 is 0 Å². The molecule has 3 rings (SSSR count). The van der Waals surface area contributed by atoms with Crippen LogP contribution in [0.5, 0.6) is 0 Å². The largest absolute Gasteiger partial charge is 0.342 e. The van der Waals surface area contributed by atoms with E-state index in [1.807, 2.05) is 56.5 Å².